The molecule has 10 heteroatoms. The maximum atomic E-state index is 12.1. The number of nitrogens with zero attached hydrogens (tertiary/aromatic N) is 1. The van der Waals surface area contributed by atoms with Gasteiger partial charge < -0.3 is 13.9 Å². The first kappa shape index (κ1) is 18.5. The van der Waals surface area contributed by atoms with E-state index >= 15 is 0 Å². The lowest BCUT2D eigenvalue weighted by molar-refractivity contribution is -0.402. The highest BCUT2D eigenvalue weighted by atomic mass is 16.6. The van der Waals surface area contributed by atoms with Crippen molar-refractivity contribution >= 4 is 23.8 Å². The monoisotopic (exact) mass is 361 g/mol. The lowest BCUT2D eigenvalue weighted by Crippen LogP contribution is -2.40. The molecule has 0 fully saturated rings. The Bertz CT molecular complexity index is 835. The highest BCUT2D eigenvalue weighted by Crippen LogP contribution is 2.22. The molecular formula is C16H15N3O7. The molecule has 26 heavy (non-hydrogen) atoms. The van der Waals surface area contributed by atoms with Crippen molar-refractivity contribution in [3.63, 3.8) is 0 Å². The van der Waals surface area contributed by atoms with Crippen LogP contribution in [0.2, 0.25) is 0 Å². The van der Waals surface area contributed by atoms with Crippen molar-refractivity contribution in [3.8, 4) is 11.5 Å². The molecule has 1 heterocycles. The van der Waals surface area contributed by atoms with Crippen LogP contribution in [0.4, 0.5) is 5.88 Å². The Morgan fingerprint density at radius 3 is 2.31 bits per heavy atom. The van der Waals surface area contributed by atoms with Crippen molar-refractivity contribution in [2.45, 2.75) is 0 Å². The van der Waals surface area contributed by atoms with Crippen molar-refractivity contribution < 1.29 is 28.4 Å². The Balaban J connectivity index is 1.95. The van der Waals surface area contributed by atoms with Gasteiger partial charge in [0.1, 0.15) is 22.2 Å². The van der Waals surface area contributed by atoms with E-state index < -0.39 is 22.6 Å². The maximum absolute atomic E-state index is 12.1. The molecule has 0 spiro atoms. The Kier molecular flexibility index (Phi) is 5.93. The van der Waals surface area contributed by atoms with E-state index in [-0.39, 0.29) is 11.3 Å². The highest BCUT2D eigenvalue weighted by molar-refractivity contribution is 5.98. The van der Waals surface area contributed by atoms with Gasteiger partial charge in [-0.05, 0) is 24.3 Å². The van der Waals surface area contributed by atoms with Crippen LogP contribution in [0.3, 0.4) is 0 Å². The number of benzene rings is 1. The predicted molar refractivity (Wildman–Crippen MR) is 89.6 cm³/mol. The third kappa shape index (κ3) is 4.84. The van der Waals surface area contributed by atoms with E-state index in [1.54, 1.807) is 6.07 Å². The fourth-order valence-corrected chi connectivity index (χ4v) is 1.86. The molecular weight excluding hydrogens is 346 g/mol. The second-order valence-corrected chi connectivity index (χ2v) is 4.81. The third-order valence-electron chi connectivity index (χ3n) is 3.10. The average Bonchev–Trinajstić information content (AvgIpc) is 3.13. The van der Waals surface area contributed by atoms with Crippen LogP contribution in [-0.4, -0.2) is 31.0 Å². The maximum Gasteiger partial charge on any atom is 0.433 e. The van der Waals surface area contributed by atoms with Crippen LogP contribution < -0.4 is 20.3 Å². The van der Waals surface area contributed by atoms with Crippen LogP contribution in [0.1, 0.15) is 16.1 Å². The van der Waals surface area contributed by atoms with Gasteiger partial charge in [-0.1, -0.05) is 0 Å². The minimum atomic E-state index is -0.694. The Hall–Kier alpha value is -3.82. The predicted octanol–water partition coefficient (Wildman–Crippen LogP) is 1.68. The van der Waals surface area contributed by atoms with Crippen molar-refractivity contribution in [1.29, 1.82) is 0 Å². The fourth-order valence-electron chi connectivity index (χ4n) is 1.86. The van der Waals surface area contributed by atoms with Gasteiger partial charge in [0.25, 0.3) is 11.8 Å². The molecule has 2 amide bonds. The number of hydrogen-bond donors (Lipinski definition) is 2. The van der Waals surface area contributed by atoms with E-state index in [4.69, 9.17) is 13.9 Å². The van der Waals surface area contributed by atoms with Gasteiger partial charge in [-0.15, -0.1) is 0 Å². The number of hydrogen-bond acceptors (Lipinski definition) is 7. The molecule has 0 aliphatic rings. The summed E-state index contributed by atoms with van der Waals surface area (Å²) in [6.07, 6.45) is 2.28. The van der Waals surface area contributed by atoms with Gasteiger partial charge in [0.2, 0.25) is 0 Å². The van der Waals surface area contributed by atoms with E-state index in [1.807, 2.05) is 0 Å². The second kappa shape index (κ2) is 8.33. The molecule has 136 valence electrons. The normalized spacial score (nSPS) is 10.4. The smallest absolute Gasteiger partial charge is 0.433 e. The van der Waals surface area contributed by atoms with Gasteiger partial charge in [0, 0.05) is 17.7 Å². The first-order chi connectivity index (χ1) is 12.4. The number of nitrogens with one attached hydrogen (secondary N) is 2. The van der Waals surface area contributed by atoms with Gasteiger partial charge in [0.15, 0.2) is 0 Å². The van der Waals surface area contributed by atoms with E-state index in [2.05, 4.69) is 10.9 Å². The summed E-state index contributed by atoms with van der Waals surface area (Å²) in [4.78, 5) is 33.6. The summed E-state index contributed by atoms with van der Waals surface area (Å²) in [6.45, 7) is 0. The summed E-state index contributed by atoms with van der Waals surface area (Å²) >= 11 is 0. The van der Waals surface area contributed by atoms with Crippen molar-refractivity contribution in [2.24, 2.45) is 0 Å². The second-order valence-electron chi connectivity index (χ2n) is 4.81. The number of carbonyl (C=O) groups excluding carboxylic acids is 2. The standard InChI is InChI=1S/C16H15N3O7/c1-24-12-7-10(8-13(9-12)25-2)16(21)18-17-14(20)5-3-11-4-6-15(26-11)19(22)23/h3-9H,1-2H3,(H,17,20)(H,18,21)/b5-3+. The van der Waals surface area contributed by atoms with Gasteiger partial charge >= 0.3 is 5.88 Å². The molecule has 2 aromatic rings. The summed E-state index contributed by atoms with van der Waals surface area (Å²) in [5.41, 5.74) is 4.61. The molecule has 0 bridgehead atoms. The molecule has 2 rings (SSSR count). The van der Waals surface area contributed by atoms with Crippen molar-refractivity contribution in [2.75, 3.05) is 14.2 Å². The van der Waals surface area contributed by atoms with Gasteiger partial charge in [-0.2, -0.15) is 0 Å². The molecule has 0 aliphatic heterocycles. The first-order valence-corrected chi connectivity index (χ1v) is 7.18. The molecule has 0 saturated heterocycles. The molecule has 0 radical (unpaired) electrons. The summed E-state index contributed by atoms with van der Waals surface area (Å²) < 4.78 is 15.0. The summed E-state index contributed by atoms with van der Waals surface area (Å²) in [6, 6.07) is 7.04. The number of hydrazine groups is 1. The lowest BCUT2D eigenvalue weighted by Gasteiger charge is -2.09. The number of furan rings is 1. The number of rotatable bonds is 6. The molecule has 10 nitrogen and oxygen atoms in total. The van der Waals surface area contributed by atoms with Gasteiger partial charge in [-0.3, -0.25) is 30.6 Å². The summed E-state index contributed by atoms with van der Waals surface area (Å²) in [5.74, 6) is -0.730. The zero-order valence-corrected chi connectivity index (χ0v) is 13.8. The van der Waals surface area contributed by atoms with Crippen molar-refractivity contribution in [3.05, 3.63) is 57.8 Å². The third-order valence-corrected chi connectivity index (χ3v) is 3.10. The Morgan fingerprint density at radius 2 is 1.77 bits per heavy atom. The minimum absolute atomic E-state index is 0.121. The summed E-state index contributed by atoms with van der Waals surface area (Å²) in [5, 5.41) is 10.5. The average molecular weight is 361 g/mol. The van der Waals surface area contributed by atoms with E-state index in [1.165, 1.54) is 38.5 Å². The number of ether oxygens (including phenoxy) is 2. The molecule has 0 aliphatic carbocycles. The number of methoxy groups -OCH3 is 2. The van der Waals surface area contributed by atoms with Crippen LogP contribution >= 0.6 is 0 Å². The van der Waals surface area contributed by atoms with Crippen LogP contribution in [-0.2, 0) is 4.79 Å². The Morgan fingerprint density at radius 1 is 1.12 bits per heavy atom. The van der Waals surface area contributed by atoms with Gasteiger partial charge in [0.05, 0.1) is 20.3 Å². The fraction of sp³-hybridized carbons (Fsp3) is 0.125. The number of amides is 2. The highest BCUT2D eigenvalue weighted by Gasteiger charge is 2.11. The molecule has 0 unspecified atom stereocenters. The van der Waals surface area contributed by atoms with E-state index in [9.17, 15) is 19.7 Å². The SMILES string of the molecule is COc1cc(OC)cc(C(=O)NNC(=O)/C=C/c2ccc([N+](=O)[O-])o2)c1. The van der Waals surface area contributed by atoms with Crippen LogP contribution in [0.5, 0.6) is 11.5 Å². The van der Waals surface area contributed by atoms with Crippen LogP contribution in [0.25, 0.3) is 6.08 Å². The molecule has 2 N–H and O–H groups in total. The zero-order chi connectivity index (χ0) is 19.1. The topological polar surface area (TPSA) is 133 Å². The number of carbonyl (C=O) groups is 2. The number of nitro groups is 1. The summed E-state index contributed by atoms with van der Waals surface area (Å²) in [7, 11) is 2.89. The van der Waals surface area contributed by atoms with E-state index in [0.717, 1.165) is 12.1 Å². The molecule has 0 saturated carbocycles. The zero-order valence-electron chi connectivity index (χ0n) is 13.8. The largest absolute Gasteiger partial charge is 0.497 e. The van der Waals surface area contributed by atoms with Gasteiger partial charge in [-0.25, -0.2) is 0 Å². The van der Waals surface area contributed by atoms with Crippen LogP contribution in [0, 0.1) is 10.1 Å². The minimum Gasteiger partial charge on any atom is -0.497 e. The quantitative estimate of drug-likeness (QED) is 0.454. The van der Waals surface area contributed by atoms with Crippen molar-refractivity contribution in [1.82, 2.24) is 10.9 Å². The molecule has 0 atom stereocenters. The molecule has 1 aromatic carbocycles. The van der Waals surface area contributed by atoms with Crippen LogP contribution in [0.15, 0.2) is 40.8 Å². The van der Waals surface area contributed by atoms with E-state index in [0.29, 0.717) is 11.5 Å². The first-order valence-electron chi connectivity index (χ1n) is 7.18. The molecule has 1 aromatic heterocycles. The lowest BCUT2D eigenvalue weighted by atomic mass is 10.2. The Labute approximate surface area is 147 Å².